The first-order valence-corrected chi connectivity index (χ1v) is 11.9. The molecule has 3 rings (SSSR count). The Kier molecular flexibility index (Phi) is 8.48. The lowest BCUT2D eigenvalue weighted by Gasteiger charge is -2.16. The van der Waals surface area contributed by atoms with Crippen molar-refractivity contribution in [3.05, 3.63) is 59.2 Å². The van der Waals surface area contributed by atoms with E-state index in [9.17, 15) is 14.4 Å². The topological polar surface area (TPSA) is 125 Å². The Morgan fingerprint density at radius 2 is 1.88 bits per heavy atom. The molecule has 2 aromatic carbocycles. The molecule has 33 heavy (non-hydrogen) atoms. The highest BCUT2D eigenvalue weighted by Crippen LogP contribution is 2.33. The van der Waals surface area contributed by atoms with Crippen molar-refractivity contribution in [3.8, 4) is 0 Å². The number of anilines is 1. The van der Waals surface area contributed by atoms with E-state index in [1.54, 1.807) is 28.8 Å². The number of primary amides is 1. The predicted molar refractivity (Wildman–Crippen MR) is 130 cm³/mol. The summed E-state index contributed by atoms with van der Waals surface area (Å²) in [4.78, 5) is 37.7. The number of thioether (sulfide) groups is 1. The van der Waals surface area contributed by atoms with Crippen molar-refractivity contribution in [2.75, 3.05) is 17.2 Å². The van der Waals surface area contributed by atoms with E-state index in [-0.39, 0.29) is 17.2 Å². The van der Waals surface area contributed by atoms with Gasteiger partial charge in [0.05, 0.1) is 11.3 Å². The maximum absolute atomic E-state index is 12.9. The van der Waals surface area contributed by atoms with E-state index in [0.717, 1.165) is 54.0 Å². The summed E-state index contributed by atoms with van der Waals surface area (Å²) in [5.74, 6) is -0.300. The molecule has 0 fully saturated rings. The number of nitrogens with two attached hydrogens (primary N) is 1. The number of nitrogens with zero attached hydrogens (tertiary/aromatic N) is 2. The first-order chi connectivity index (χ1) is 15.9. The Morgan fingerprint density at radius 3 is 2.55 bits per heavy atom. The summed E-state index contributed by atoms with van der Waals surface area (Å²) in [5, 5.41) is 13.0. The van der Waals surface area contributed by atoms with Crippen LogP contribution in [-0.4, -0.2) is 41.0 Å². The molecule has 3 amide bonds. The van der Waals surface area contributed by atoms with Gasteiger partial charge in [0.1, 0.15) is 0 Å². The summed E-state index contributed by atoms with van der Waals surface area (Å²) in [6.45, 7) is 2.71. The van der Waals surface area contributed by atoms with Gasteiger partial charge in [0.15, 0.2) is 5.71 Å². The van der Waals surface area contributed by atoms with Crippen molar-refractivity contribution < 1.29 is 19.5 Å². The quantitative estimate of drug-likeness (QED) is 0.261. The van der Waals surface area contributed by atoms with Crippen LogP contribution in [0.15, 0.2) is 52.5 Å². The minimum Gasteiger partial charge on any atom is -0.478 e. The van der Waals surface area contributed by atoms with Crippen LogP contribution >= 0.6 is 11.8 Å². The zero-order chi connectivity index (χ0) is 23.8. The molecule has 1 aliphatic rings. The number of carbonyl (C=O) groups is 3. The summed E-state index contributed by atoms with van der Waals surface area (Å²) in [7, 11) is 0. The van der Waals surface area contributed by atoms with Crippen LogP contribution in [0.4, 0.5) is 10.5 Å². The first-order valence-electron chi connectivity index (χ1n) is 10.9. The predicted octanol–water partition coefficient (Wildman–Crippen LogP) is 4.02. The fourth-order valence-electron chi connectivity index (χ4n) is 3.62. The van der Waals surface area contributed by atoms with Gasteiger partial charge in [-0.1, -0.05) is 31.9 Å². The number of fused-ring (bicyclic) bond motifs is 1. The molecule has 174 valence electrons. The number of carboxylic acid groups (broad SMARTS) is 1. The largest absolute Gasteiger partial charge is 0.478 e. The second-order valence-electron chi connectivity index (χ2n) is 7.73. The lowest BCUT2D eigenvalue weighted by molar-refractivity contribution is -0.112. The van der Waals surface area contributed by atoms with E-state index < -0.39 is 12.0 Å². The van der Waals surface area contributed by atoms with Crippen LogP contribution in [0.3, 0.4) is 0 Å². The Labute approximate surface area is 197 Å². The normalized spacial score (nSPS) is 13.9. The van der Waals surface area contributed by atoms with Crippen LogP contribution in [0.1, 0.15) is 54.1 Å². The van der Waals surface area contributed by atoms with E-state index >= 15 is 0 Å². The lowest BCUT2D eigenvalue weighted by Crippen LogP contribution is -2.33. The van der Waals surface area contributed by atoms with Gasteiger partial charge in [-0.15, -0.1) is 11.8 Å². The molecule has 4 N–H and O–H groups in total. The Bertz CT molecular complexity index is 1050. The van der Waals surface area contributed by atoms with Crippen molar-refractivity contribution in [1.82, 2.24) is 5.43 Å². The van der Waals surface area contributed by atoms with Crippen molar-refractivity contribution in [2.24, 2.45) is 10.8 Å². The Morgan fingerprint density at radius 1 is 1.12 bits per heavy atom. The molecular weight excluding hydrogens is 440 g/mol. The van der Waals surface area contributed by atoms with Gasteiger partial charge in [-0.2, -0.15) is 5.10 Å². The molecule has 0 saturated heterocycles. The van der Waals surface area contributed by atoms with Crippen LogP contribution in [0.2, 0.25) is 0 Å². The molecule has 1 heterocycles. The molecular formula is C24H28N4O4S. The second-order valence-corrected chi connectivity index (χ2v) is 8.90. The van der Waals surface area contributed by atoms with Gasteiger partial charge >= 0.3 is 12.0 Å². The van der Waals surface area contributed by atoms with Crippen LogP contribution in [0, 0.1) is 0 Å². The van der Waals surface area contributed by atoms with E-state index in [2.05, 4.69) is 17.5 Å². The van der Waals surface area contributed by atoms with E-state index in [0.29, 0.717) is 12.1 Å². The highest BCUT2D eigenvalue weighted by Gasteiger charge is 2.34. The number of aromatic carboxylic acids is 1. The number of urea groups is 1. The van der Waals surface area contributed by atoms with E-state index in [1.807, 2.05) is 30.3 Å². The van der Waals surface area contributed by atoms with Crippen molar-refractivity contribution in [1.29, 1.82) is 0 Å². The number of nitrogens with one attached hydrogen (secondary N) is 1. The summed E-state index contributed by atoms with van der Waals surface area (Å²) in [6.07, 6.45) is 4.73. The zero-order valence-electron chi connectivity index (χ0n) is 18.5. The van der Waals surface area contributed by atoms with Crippen molar-refractivity contribution in [2.45, 2.75) is 43.9 Å². The number of unbranched alkanes of at least 4 members (excludes halogenated alkanes) is 2. The molecule has 0 unspecified atom stereocenters. The monoisotopic (exact) mass is 468 g/mol. The van der Waals surface area contributed by atoms with E-state index in [4.69, 9.17) is 10.8 Å². The van der Waals surface area contributed by atoms with Crippen LogP contribution in [0.25, 0.3) is 0 Å². The van der Waals surface area contributed by atoms with Crippen LogP contribution in [0.5, 0.6) is 0 Å². The maximum Gasteiger partial charge on any atom is 0.335 e. The zero-order valence-corrected chi connectivity index (χ0v) is 19.4. The number of rotatable bonds is 11. The molecule has 2 aromatic rings. The third-order valence-corrected chi connectivity index (χ3v) is 6.38. The average molecular weight is 469 g/mol. The van der Waals surface area contributed by atoms with Crippen molar-refractivity contribution >= 4 is 41.1 Å². The SMILES string of the molecule is CCCCCN1C(=O)C(=NNC(N)=O)c2cc(SCCCc3ccc(C(=O)O)cc3)ccc21. The number of benzene rings is 2. The first kappa shape index (κ1) is 24.3. The fraction of sp³-hybridized carbons (Fsp3) is 0.333. The summed E-state index contributed by atoms with van der Waals surface area (Å²) < 4.78 is 0. The minimum atomic E-state index is -0.926. The molecule has 0 atom stereocenters. The van der Waals surface area contributed by atoms with Gasteiger partial charge in [0, 0.05) is 17.0 Å². The molecule has 0 bridgehead atoms. The van der Waals surface area contributed by atoms with Gasteiger partial charge < -0.3 is 15.7 Å². The smallest absolute Gasteiger partial charge is 0.335 e. The maximum atomic E-state index is 12.9. The van der Waals surface area contributed by atoms with Crippen molar-refractivity contribution in [3.63, 3.8) is 0 Å². The Hall–Kier alpha value is -3.33. The number of hydrazone groups is 1. The molecule has 0 spiro atoms. The molecule has 0 saturated carbocycles. The summed E-state index contributed by atoms with van der Waals surface area (Å²) >= 11 is 1.67. The van der Waals surface area contributed by atoms with Crippen LogP contribution in [-0.2, 0) is 11.2 Å². The third-order valence-electron chi connectivity index (χ3n) is 5.30. The molecule has 8 nitrogen and oxygen atoms in total. The van der Waals surface area contributed by atoms with Gasteiger partial charge in [0.2, 0.25) is 0 Å². The average Bonchev–Trinajstić information content (AvgIpc) is 3.06. The number of amides is 3. The van der Waals surface area contributed by atoms with Gasteiger partial charge in [0.25, 0.3) is 5.91 Å². The number of hydrogen-bond donors (Lipinski definition) is 3. The third kappa shape index (κ3) is 6.35. The fourth-order valence-corrected chi connectivity index (χ4v) is 4.51. The lowest BCUT2D eigenvalue weighted by atomic mass is 10.1. The molecule has 1 aliphatic heterocycles. The van der Waals surface area contributed by atoms with Gasteiger partial charge in [-0.25, -0.2) is 15.0 Å². The number of carboxylic acids is 1. The minimum absolute atomic E-state index is 0.196. The Balaban J connectivity index is 1.66. The molecule has 0 radical (unpaired) electrons. The van der Waals surface area contributed by atoms with Gasteiger partial charge in [-0.05, 0) is 60.9 Å². The second kappa shape index (κ2) is 11.5. The van der Waals surface area contributed by atoms with Crippen LogP contribution < -0.4 is 16.1 Å². The highest BCUT2D eigenvalue weighted by molar-refractivity contribution is 7.99. The molecule has 9 heteroatoms. The number of aryl methyl sites for hydroxylation is 1. The summed E-state index contributed by atoms with van der Waals surface area (Å²) in [5.41, 5.74) is 10.4. The molecule has 0 aromatic heterocycles. The van der Waals surface area contributed by atoms with Gasteiger partial charge in [-0.3, -0.25) is 4.79 Å². The summed E-state index contributed by atoms with van der Waals surface area (Å²) in [6, 6.07) is 12.0. The van der Waals surface area contributed by atoms with E-state index in [1.165, 1.54) is 0 Å². The number of hydrogen-bond acceptors (Lipinski definition) is 5. The molecule has 0 aliphatic carbocycles. The number of carbonyl (C=O) groups excluding carboxylic acids is 2. The standard InChI is InChI=1S/C24H28N4O4S/c1-2-3-4-13-28-20-12-11-18(15-19(20)21(22(28)29)26-27-24(25)32)33-14-5-6-16-7-9-17(10-8-16)23(30)31/h7-12,15H,2-6,13-14H2,1H3,(H,30,31)(H3,25,27,32). The highest BCUT2D eigenvalue weighted by atomic mass is 32.2.